The van der Waals surface area contributed by atoms with E-state index in [1.165, 1.54) is 32.1 Å². The molecule has 2 bridgehead atoms. The first-order valence-corrected chi connectivity index (χ1v) is 9.63. The van der Waals surface area contributed by atoms with Gasteiger partial charge in [0.05, 0.1) is 23.0 Å². The number of nitrogen functional groups attached to an aromatic ring is 1. The number of nitrogens with two attached hydrogens (primary N) is 1. The first kappa shape index (κ1) is 18.1. The number of carbonyl (C=O) groups excluding carboxylic acids is 1. The van der Waals surface area contributed by atoms with E-state index in [1.54, 1.807) is 12.1 Å². The second-order valence-electron chi connectivity index (χ2n) is 8.89. The first-order valence-electron chi connectivity index (χ1n) is 9.63. The van der Waals surface area contributed by atoms with E-state index in [1.807, 2.05) is 19.9 Å². The standard InChI is InChI=1S/C21H32N2O2/c1-13(2)25-20(24)17-5-6-19(18(22)10-17)23-21(4)11-15-7-14(3)8-16(9-15)12-21/h5-6,10,13-16,23H,7-9,11-12,22H2,1-4H3. The van der Waals surface area contributed by atoms with Crippen LogP contribution in [-0.4, -0.2) is 17.6 Å². The van der Waals surface area contributed by atoms with Crippen LogP contribution in [0.1, 0.15) is 70.2 Å². The lowest BCUT2D eigenvalue weighted by Crippen LogP contribution is -2.45. The Balaban J connectivity index is 1.71. The van der Waals surface area contributed by atoms with Crippen LogP contribution in [-0.2, 0) is 4.74 Å². The number of rotatable bonds is 4. The minimum Gasteiger partial charge on any atom is -0.459 e. The van der Waals surface area contributed by atoms with E-state index in [4.69, 9.17) is 10.5 Å². The highest BCUT2D eigenvalue weighted by molar-refractivity contribution is 5.92. The van der Waals surface area contributed by atoms with Crippen molar-refractivity contribution in [1.82, 2.24) is 0 Å². The highest BCUT2D eigenvalue weighted by Crippen LogP contribution is 2.47. The average Bonchev–Trinajstić information content (AvgIpc) is 2.46. The summed E-state index contributed by atoms with van der Waals surface area (Å²) in [4.78, 5) is 12.0. The van der Waals surface area contributed by atoms with E-state index < -0.39 is 0 Å². The molecule has 0 amide bonds. The van der Waals surface area contributed by atoms with Crippen LogP contribution in [0.5, 0.6) is 0 Å². The summed E-state index contributed by atoms with van der Waals surface area (Å²) in [5.74, 6) is 2.19. The van der Waals surface area contributed by atoms with E-state index in [9.17, 15) is 4.79 Å². The van der Waals surface area contributed by atoms with Gasteiger partial charge in [-0.3, -0.25) is 0 Å². The minimum absolute atomic E-state index is 0.0851. The van der Waals surface area contributed by atoms with Gasteiger partial charge in [-0.05, 0) is 88.8 Å². The highest BCUT2D eigenvalue weighted by atomic mass is 16.5. The number of hydrogen-bond donors (Lipinski definition) is 2. The van der Waals surface area contributed by atoms with Gasteiger partial charge < -0.3 is 15.8 Å². The fourth-order valence-electron chi connectivity index (χ4n) is 5.10. The van der Waals surface area contributed by atoms with Crippen molar-refractivity contribution in [1.29, 1.82) is 0 Å². The Morgan fingerprint density at radius 3 is 2.44 bits per heavy atom. The molecule has 0 aromatic heterocycles. The molecule has 2 aliphatic rings. The smallest absolute Gasteiger partial charge is 0.338 e. The summed E-state index contributed by atoms with van der Waals surface area (Å²) >= 11 is 0. The van der Waals surface area contributed by atoms with Crippen LogP contribution in [0.25, 0.3) is 0 Å². The van der Waals surface area contributed by atoms with Gasteiger partial charge in [-0.1, -0.05) is 6.92 Å². The maximum absolute atomic E-state index is 12.0. The fourth-order valence-corrected chi connectivity index (χ4v) is 5.10. The summed E-state index contributed by atoms with van der Waals surface area (Å²) in [7, 11) is 0. The van der Waals surface area contributed by atoms with Gasteiger partial charge in [0.25, 0.3) is 0 Å². The topological polar surface area (TPSA) is 64.3 Å². The zero-order valence-electron chi connectivity index (χ0n) is 16.0. The van der Waals surface area contributed by atoms with E-state index >= 15 is 0 Å². The Labute approximate surface area is 151 Å². The molecule has 3 N–H and O–H groups in total. The SMILES string of the molecule is CC1CC2CC(C1)CC(C)(Nc1ccc(C(=O)OC(C)C)cc1N)C2. The molecule has 0 heterocycles. The maximum Gasteiger partial charge on any atom is 0.338 e. The van der Waals surface area contributed by atoms with E-state index in [-0.39, 0.29) is 17.6 Å². The normalized spacial score (nSPS) is 31.6. The fraction of sp³-hybridized carbons (Fsp3) is 0.667. The van der Waals surface area contributed by atoms with Gasteiger partial charge in [-0.25, -0.2) is 4.79 Å². The Bertz CT molecular complexity index is 623. The third-order valence-electron chi connectivity index (χ3n) is 5.68. The molecule has 4 nitrogen and oxygen atoms in total. The van der Waals surface area contributed by atoms with Crippen molar-refractivity contribution in [2.75, 3.05) is 11.1 Å². The summed E-state index contributed by atoms with van der Waals surface area (Å²) in [6.45, 7) is 8.41. The zero-order valence-corrected chi connectivity index (χ0v) is 16.0. The molecule has 2 unspecified atom stereocenters. The van der Waals surface area contributed by atoms with Crippen molar-refractivity contribution >= 4 is 17.3 Å². The minimum atomic E-state index is -0.319. The monoisotopic (exact) mass is 344 g/mol. The van der Waals surface area contributed by atoms with Gasteiger partial charge in [0.2, 0.25) is 0 Å². The Morgan fingerprint density at radius 2 is 1.88 bits per heavy atom. The summed E-state index contributed by atoms with van der Waals surface area (Å²) < 4.78 is 5.25. The average molecular weight is 344 g/mol. The van der Waals surface area contributed by atoms with Crippen molar-refractivity contribution in [2.45, 2.75) is 71.4 Å². The lowest BCUT2D eigenvalue weighted by Gasteiger charge is -2.48. The molecule has 2 saturated carbocycles. The number of carbonyl (C=O) groups is 1. The van der Waals surface area contributed by atoms with Crippen molar-refractivity contribution in [3.63, 3.8) is 0 Å². The molecule has 1 aromatic rings. The lowest BCUT2D eigenvalue weighted by atomic mass is 9.62. The molecule has 0 spiro atoms. The summed E-state index contributed by atoms with van der Waals surface area (Å²) in [5.41, 5.74) is 8.37. The molecule has 2 fully saturated rings. The van der Waals surface area contributed by atoms with Gasteiger partial charge in [0.15, 0.2) is 0 Å². The predicted octanol–water partition coefficient (Wildman–Crippen LogP) is 4.85. The third kappa shape index (κ3) is 4.28. The predicted molar refractivity (Wildman–Crippen MR) is 103 cm³/mol. The number of hydrogen-bond acceptors (Lipinski definition) is 4. The molecule has 4 heteroatoms. The Kier molecular flexibility index (Phi) is 4.99. The summed E-state index contributed by atoms with van der Waals surface area (Å²) in [6.07, 6.45) is 6.35. The van der Waals surface area contributed by atoms with Gasteiger partial charge in [0, 0.05) is 5.54 Å². The molecule has 0 aliphatic heterocycles. The van der Waals surface area contributed by atoms with Crippen LogP contribution in [0.3, 0.4) is 0 Å². The van der Waals surface area contributed by atoms with Crippen LogP contribution in [0, 0.1) is 17.8 Å². The quantitative estimate of drug-likeness (QED) is 0.605. The molecular formula is C21H32N2O2. The summed E-state index contributed by atoms with van der Waals surface area (Å²) in [6, 6.07) is 5.45. The molecule has 1 aromatic carbocycles. The van der Waals surface area contributed by atoms with Crippen LogP contribution in [0.15, 0.2) is 18.2 Å². The lowest BCUT2D eigenvalue weighted by molar-refractivity contribution is 0.0378. The molecular weight excluding hydrogens is 312 g/mol. The molecule has 0 saturated heterocycles. The summed E-state index contributed by atoms with van der Waals surface area (Å²) in [5, 5.41) is 3.70. The number of esters is 1. The van der Waals surface area contributed by atoms with Crippen molar-refractivity contribution < 1.29 is 9.53 Å². The second kappa shape index (κ2) is 6.89. The van der Waals surface area contributed by atoms with Gasteiger partial charge in [-0.15, -0.1) is 0 Å². The van der Waals surface area contributed by atoms with Crippen molar-refractivity contribution in [3.8, 4) is 0 Å². The van der Waals surface area contributed by atoms with Crippen LogP contribution in [0.2, 0.25) is 0 Å². The number of ether oxygens (including phenoxy) is 1. The van der Waals surface area contributed by atoms with Crippen molar-refractivity contribution in [2.24, 2.45) is 17.8 Å². The Morgan fingerprint density at radius 1 is 1.24 bits per heavy atom. The van der Waals surface area contributed by atoms with E-state index in [0.717, 1.165) is 23.4 Å². The van der Waals surface area contributed by atoms with Crippen molar-refractivity contribution in [3.05, 3.63) is 23.8 Å². The van der Waals surface area contributed by atoms with E-state index in [2.05, 4.69) is 19.2 Å². The zero-order chi connectivity index (χ0) is 18.2. The maximum atomic E-state index is 12.0. The molecule has 2 aliphatic carbocycles. The number of benzene rings is 1. The third-order valence-corrected chi connectivity index (χ3v) is 5.68. The molecule has 25 heavy (non-hydrogen) atoms. The van der Waals surface area contributed by atoms with Crippen LogP contribution >= 0.6 is 0 Å². The molecule has 2 atom stereocenters. The molecule has 0 radical (unpaired) electrons. The molecule has 138 valence electrons. The largest absolute Gasteiger partial charge is 0.459 e. The number of fused-ring (bicyclic) bond motifs is 2. The number of anilines is 2. The second-order valence-corrected chi connectivity index (χ2v) is 8.89. The van der Waals surface area contributed by atoms with Gasteiger partial charge >= 0.3 is 5.97 Å². The van der Waals surface area contributed by atoms with Crippen LogP contribution in [0.4, 0.5) is 11.4 Å². The highest BCUT2D eigenvalue weighted by Gasteiger charge is 2.41. The van der Waals surface area contributed by atoms with Gasteiger partial charge in [0.1, 0.15) is 0 Å². The first-order chi connectivity index (χ1) is 11.7. The van der Waals surface area contributed by atoms with Crippen LogP contribution < -0.4 is 11.1 Å². The Hall–Kier alpha value is -1.71. The van der Waals surface area contributed by atoms with E-state index in [0.29, 0.717) is 11.3 Å². The number of nitrogens with one attached hydrogen (secondary N) is 1. The van der Waals surface area contributed by atoms with Gasteiger partial charge in [-0.2, -0.15) is 0 Å². The molecule has 3 rings (SSSR count).